The number of rotatable bonds is 5. The maximum absolute atomic E-state index is 13.9. The number of aliphatic hydroxyl groups is 10. The van der Waals surface area contributed by atoms with Crippen LogP contribution in [0.25, 0.3) is 0 Å². The first-order valence-corrected chi connectivity index (χ1v) is 24.9. The molecular formula is C54H79NO17. The van der Waals surface area contributed by atoms with Crippen LogP contribution < -0.4 is 5.73 Å². The number of allylic oxidation sites excluding steroid dienone is 12. The quantitative estimate of drug-likeness (QED) is 0.189. The molecule has 2 fully saturated rings. The number of carbonyl (C=O) groups excluding carboxylic acids is 2. The third-order valence-electron chi connectivity index (χ3n) is 13.2. The first-order valence-electron chi connectivity index (χ1n) is 24.9. The molecular weight excluding hydrogens is 935 g/mol. The highest BCUT2D eigenvalue weighted by atomic mass is 16.7. The van der Waals surface area contributed by atoms with Gasteiger partial charge in [-0.15, -0.1) is 0 Å². The zero-order valence-electron chi connectivity index (χ0n) is 41.6. The maximum Gasteiger partial charge on any atom is 0.314 e. The summed E-state index contributed by atoms with van der Waals surface area (Å²) < 4.78 is 29.4. The zero-order valence-corrected chi connectivity index (χ0v) is 41.6. The first kappa shape index (κ1) is 60.3. The fraction of sp³-hybridized carbons (Fsp3) is 0.593. The Morgan fingerprint density at radius 2 is 1.26 bits per heavy atom. The van der Waals surface area contributed by atoms with Gasteiger partial charge in [0.25, 0.3) is 0 Å². The Hall–Kier alpha value is -4.22. The Bertz CT molecular complexity index is 1990. The minimum atomic E-state index is -2.31. The smallest absolute Gasteiger partial charge is 0.314 e. The molecule has 0 unspecified atom stereocenters. The van der Waals surface area contributed by atoms with Gasteiger partial charge in [-0.05, 0) is 38.7 Å². The summed E-state index contributed by atoms with van der Waals surface area (Å²) in [6.07, 6.45) is 4.20. The topological polar surface area (TPSA) is 309 Å². The summed E-state index contributed by atoms with van der Waals surface area (Å²) in [6.45, 7) is 6.64. The van der Waals surface area contributed by atoms with E-state index < -0.39 is 147 Å². The molecule has 402 valence electrons. The second-order valence-corrected chi connectivity index (χ2v) is 19.3. The van der Waals surface area contributed by atoms with Crippen LogP contribution in [0, 0.1) is 17.8 Å². The van der Waals surface area contributed by atoms with E-state index in [1.165, 1.54) is 0 Å². The molecule has 0 spiro atoms. The molecule has 0 aromatic heterocycles. The minimum absolute atomic E-state index is 0.102. The summed E-state index contributed by atoms with van der Waals surface area (Å²) in [4.78, 5) is 26.6. The molecule has 2 saturated heterocycles. The van der Waals surface area contributed by atoms with Gasteiger partial charge in [-0.25, -0.2) is 0 Å². The second-order valence-electron chi connectivity index (χ2n) is 19.3. The number of nitrogens with two attached hydrogens (primary N) is 1. The first-order chi connectivity index (χ1) is 34.2. The van der Waals surface area contributed by atoms with Crippen LogP contribution in [0.2, 0.25) is 0 Å². The van der Waals surface area contributed by atoms with Crippen molar-refractivity contribution in [1.29, 1.82) is 0 Å². The van der Waals surface area contributed by atoms with Crippen LogP contribution in [0.5, 0.6) is 0 Å². The van der Waals surface area contributed by atoms with Crippen molar-refractivity contribution in [2.24, 2.45) is 23.5 Å². The molecule has 18 nitrogen and oxygen atoms in total. The fourth-order valence-electron chi connectivity index (χ4n) is 8.78. The Balaban J connectivity index is 1.61. The van der Waals surface area contributed by atoms with Gasteiger partial charge < -0.3 is 80.5 Å². The normalized spacial score (nSPS) is 42.1. The predicted octanol–water partition coefficient (Wildman–Crippen LogP) is 2.37. The number of hydrogen-bond acceptors (Lipinski definition) is 18. The van der Waals surface area contributed by atoms with Crippen LogP contribution in [0.4, 0.5) is 0 Å². The molecule has 1 aromatic rings. The van der Waals surface area contributed by atoms with Gasteiger partial charge in [0.15, 0.2) is 12.1 Å². The molecule has 0 radical (unpaired) electrons. The zero-order chi connectivity index (χ0) is 53.0. The van der Waals surface area contributed by atoms with Crippen LogP contribution in [-0.2, 0) is 39.9 Å². The van der Waals surface area contributed by atoms with Crippen molar-refractivity contribution < 1.29 is 84.3 Å². The third kappa shape index (κ3) is 19.9. The average Bonchev–Trinajstić information content (AvgIpc) is 3.32. The van der Waals surface area contributed by atoms with Gasteiger partial charge in [0.05, 0.1) is 79.6 Å². The van der Waals surface area contributed by atoms with Crippen molar-refractivity contribution in [3.05, 3.63) is 121 Å². The average molecular weight is 1010 g/mol. The Labute approximate surface area is 422 Å². The number of ether oxygens (including phenoxy) is 5. The van der Waals surface area contributed by atoms with Gasteiger partial charge in [0, 0.05) is 37.5 Å². The minimum Gasteiger partial charge on any atom is -0.462 e. The highest BCUT2D eigenvalue weighted by Gasteiger charge is 2.51. The van der Waals surface area contributed by atoms with E-state index in [2.05, 4.69) is 0 Å². The highest BCUT2D eigenvalue weighted by Crippen LogP contribution is 2.39. The molecule has 12 N–H and O–H groups in total. The number of carbonyl (C=O) groups is 2. The lowest BCUT2D eigenvalue weighted by molar-refractivity contribution is -0.309. The molecule has 0 amide bonds. The molecule has 19 atom stereocenters. The van der Waals surface area contributed by atoms with Crippen molar-refractivity contribution in [2.75, 3.05) is 0 Å². The summed E-state index contributed by atoms with van der Waals surface area (Å²) in [7, 11) is 0. The Morgan fingerprint density at radius 3 is 1.89 bits per heavy atom. The van der Waals surface area contributed by atoms with Crippen molar-refractivity contribution in [3.63, 3.8) is 0 Å². The van der Waals surface area contributed by atoms with Crippen LogP contribution in [0.3, 0.4) is 0 Å². The lowest BCUT2D eigenvalue weighted by Gasteiger charge is -2.45. The molecule has 4 rings (SSSR count). The number of fused-ring (bicyclic) bond motifs is 2. The third-order valence-corrected chi connectivity index (χ3v) is 13.2. The van der Waals surface area contributed by atoms with Gasteiger partial charge in [0.2, 0.25) is 0 Å². The Kier molecular flexibility index (Phi) is 25.3. The molecule has 3 aliphatic heterocycles. The molecule has 0 saturated carbocycles. The van der Waals surface area contributed by atoms with E-state index in [1.54, 1.807) is 99.7 Å². The molecule has 3 heterocycles. The van der Waals surface area contributed by atoms with Crippen molar-refractivity contribution in [3.8, 4) is 0 Å². The highest BCUT2D eigenvalue weighted by molar-refractivity contribution is 5.74. The molecule has 0 aliphatic carbocycles. The number of cyclic esters (lactones) is 1. The monoisotopic (exact) mass is 1010 g/mol. The lowest BCUT2D eigenvalue weighted by atomic mass is 9.82. The van der Waals surface area contributed by atoms with Crippen molar-refractivity contribution in [1.82, 2.24) is 0 Å². The summed E-state index contributed by atoms with van der Waals surface area (Å²) in [5.74, 6) is -6.04. The SMILES string of the molecule is C[C@@H]1[C@H](O)[C@@H](C)/C=C/C=C/C=C/C=C/C=C/C=C/C=C/[C@H](O[C@@H]2O[C@H](C)[C@@H](O)[C@H](N)[C@H]2O)C[C@@H]2O[C@](O)(C[C@@H](O)C[C@@H](O)[C@H](O)CC[C@@H](O)C[C@@H](O)CC(=O)O[C@H]1C)C[C@H](O)[C@H]2C(=O)OCc1ccccc1. The molecule has 3 aliphatic rings. The van der Waals surface area contributed by atoms with Crippen LogP contribution in [0.15, 0.2) is 115 Å². The largest absolute Gasteiger partial charge is 0.462 e. The lowest BCUT2D eigenvalue weighted by Crippen LogP contribution is -2.61. The van der Waals surface area contributed by atoms with Crippen LogP contribution >= 0.6 is 0 Å². The van der Waals surface area contributed by atoms with E-state index in [4.69, 9.17) is 29.4 Å². The van der Waals surface area contributed by atoms with E-state index in [0.29, 0.717) is 5.56 Å². The van der Waals surface area contributed by atoms with Gasteiger partial charge in [-0.1, -0.05) is 129 Å². The summed E-state index contributed by atoms with van der Waals surface area (Å²) in [6, 6.07) is 7.68. The second kappa shape index (κ2) is 30.2. The number of benzene rings is 1. The summed E-state index contributed by atoms with van der Waals surface area (Å²) >= 11 is 0. The molecule has 2 bridgehead atoms. The van der Waals surface area contributed by atoms with Crippen LogP contribution in [-0.4, -0.2) is 160 Å². The van der Waals surface area contributed by atoms with Gasteiger partial charge in [0.1, 0.15) is 24.7 Å². The Morgan fingerprint density at radius 1 is 0.667 bits per heavy atom. The van der Waals surface area contributed by atoms with Crippen molar-refractivity contribution >= 4 is 11.9 Å². The van der Waals surface area contributed by atoms with E-state index in [-0.39, 0.29) is 38.2 Å². The summed E-state index contributed by atoms with van der Waals surface area (Å²) in [5.41, 5.74) is 6.78. The molecule has 18 heteroatoms. The van der Waals surface area contributed by atoms with E-state index in [1.807, 2.05) is 43.4 Å². The fourth-order valence-corrected chi connectivity index (χ4v) is 8.78. The standard InChI is InChI=1S/C54H79NO17/c1-33-20-16-13-11-9-7-5-6-8-10-12-14-19-23-41(71-53-51(65)48(55)50(64)36(4)70-53)29-45-47(52(66)68-32-37-21-17-15-18-22-37)44(61)31-54(67,72-45)30-40(58)27-43(60)42(59)25-24-38(56)26-39(57)28-46(62)69-35(3)34(2)49(33)63/h5-23,33-36,38-45,47-51,53,56-61,63-65,67H,24-32,55H2,1-4H3/b6-5+,9-7+,10-8+,13-11+,14-12+,20-16+,23-19+/t33-,34-,35-,36+,38+,39+,40-,41-,42+,43+,44-,45-,47+,48-,49+,50+,51+,53-,54+/m0/s1. The van der Waals surface area contributed by atoms with Crippen molar-refractivity contribution in [2.45, 2.75) is 183 Å². The van der Waals surface area contributed by atoms with E-state index in [9.17, 15) is 60.7 Å². The number of hydrogen-bond donors (Lipinski definition) is 11. The van der Waals surface area contributed by atoms with Gasteiger partial charge in [-0.3, -0.25) is 9.59 Å². The van der Waals surface area contributed by atoms with Crippen LogP contribution in [0.1, 0.15) is 84.6 Å². The molecule has 72 heavy (non-hydrogen) atoms. The van der Waals surface area contributed by atoms with Gasteiger partial charge in [-0.2, -0.15) is 0 Å². The maximum atomic E-state index is 13.9. The predicted molar refractivity (Wildman–Crippen MR) is 266 cm³/mol. The number of aliphatic hydroxyl groups excluding tert-OH is 9. The van der Waals surface area contributed by atoms with E-state index in [0.717, 1.165) is 0 Å². The molecule has 1 aromatic carbocycles. The van der Waals surface area contributed by atoms with Gasteiger partial charge >= 0.3 is 11.9 Å². The number of esters is 2. The summed E-state index contributed by atoms with van der Waals surface area (Å²) in [5, 5.41) is 110. The van der Waals surface area contributed by atoms with E-state index >= 15 is 0 Å².